The number of carbonyl (C=O) groups is 2. The fraction of sp³-hybridized carbons (Fsp3) is 0.500. The molecule has 0 aliphatic carbocycles. The lowest BCUT2D eigenvalue weighted by molar-refractivity contribution is -0.146. The van der Waals surface area contributed by atoms with Gasteiger partial charge < -0.3 is 14.7 Å². The molecule has 1 aromatic rings. The highest BCUT2D eigenvalue weighted by molar-refractivity contribution is 5.82. The van der Waals surface area contributed by atoms with Crippen LogP contribution in [0.15, 0.2) is 30.3 Å². The van der Waals surface area contributed by atoms with Crippen molar-refractivity contribution in [2.45, 2.75) is 32.4 Å². The molecule has 0 spiro atoms. The summed E-state index contributed by atoms with van der Waals surface area (Å²) >= 11 is 0. The van der Waals surface area contributed by atoms with Gasteiger partial charge in [-0.1, -0.05) is 37.3 Å². The van der Waals surface area contributed by atoms with Crippen LogP contribution in [0.25, 0.3) is 0 Å². The van der Waals surface area contributed by atoms with Gasteiger partial charge in [-0.2, -0.15) is 0 Å². The van der Waals surface area contributed by atoms with Crippen LogP contribution >= 0.6 is 0 Å². The van der Waals surface area contributed by atoms with Crippen molar-refractivity contribution >= 4 is 11.9 Å². The Morgan fingerprint density at radius 2 is 2.10 bits per heavy atom. The number of rotatable bonds is 6. The minimum absolute atomic E-state index is 0.107. The fourth-order valence-corrected chi connectivity index (χ4v) is 2.42. The van der Waals surface area contributed by atoms with Crippen LogP contribution < -0.4 is 0 Å². The number of hydrogen-bond donors (Lipinski definition) is 1. The van der Waals surface area contributed by atoms with Gasteiger partial charge >= 0.3 is 5.97 Å². The molecule has 0 bridgehead atoms. The van der Waals surface area contributed by atoms with E-state index in [0.717, 1.165) is 12.0 Å². The van der Waals surface area contributed by atoms with Gasteiger partial charge in [-0.25, -0.2) is 0 Å². The molecule has 0 saturated carbocycles. The Balaban J connectivity index is 2.09. The number of amides is 1. The van der Waals surface area contributed by atoms with E-state index in [2.05, 4.69) is 0 Å². The molecule has 2 atom stereocenters. The Bertz CT molecular complexity index is 482. The molecule has 5 nitrogen and oxygen atoms in total. The number of nitrogens with zero attached hydrogens (tertiary/aromatic N) is 1. The van der Waals surface area contributed by atoms with E-state index in [1.165, 1.54) is 0 Å². The maximum absolute atomic E-state index is 12.5. The van der Waals surface area contributed by atoms with Crippen LogP contribution in [0, 0.1) is 5.92 Å². The third kappa shape index (κ3) is 4.29. The zero-order chi connectivity index (χ0) is 15.2. The predicted octanol–water partition coefficient (Wildman–Crippen LogP) is 1.91. The van der Waals surface area contributed by atoms with Crippen molar-refractivity contribution in [1.29, 1.82) is 0 Å². The maximum atomic E-state index is 12.5. The van der Waals surface area contributed by atoms with Crippen LogP contribution in [0.5, 0.6) is 0 Å². The Labute approximate surface area is 124 Å². The van der Waals surface area contributed by atoms with E-state index in [4.69, 9.17) is 9.84 Å². The molecular weight excluding hydrogens is 270 g/mol. The highest BCUT2D eigenvalue weighted by atomic mass is 16.5. The lowest BCUT2D eigenvalue weighted by atomic mass is 10.1. The molecule has 0 radical (unpaired) electrons. The monoisotopic (exact) mass is 291 g/mol. The van der Waals surface area contributed by atoms with E-state index in [1.807, 2.05) is 30.3 Å². The predicted molar refractivity (Wildman–Crippen MR) is 77.6 cm³/mol. The van der Waals surface area contributed by atoms with Gasteiger partial charge in [-0.3, -0.25) is 9.59 Å². The molecule has 1 fully saturated rings. The van der Waals surface area contributed by atoms with Crippen LogP contribution in [0.1, 0.15) is 25.3 Å². The zero-order valence-corrected chi connectivity index (χ0v) is 12.2. The number of carbonyl (C=O) groups excluding carboxylic acids is 1. The number of ether oxygens (including phenoxy) is 1. The van der Waals surface area contributed by atoms with Gasteiger partial charge in [0.15, 0.2) is 0 Å². The van der Waals surface area contributed by atoms with Gasteiger partial charge in [0.25, 0.3) is 5.91 Å². The average Bonchev–Trinajstić information content (AvgIpc) is 3.01. The molecule has 1 N–H and O–H groups in total. The summed E-state index contributed by atoms with van der Waals surface area (Å²) in [6.45, 7) is 2.83. The lowest BCUT2D eigenvalue weighted by Gasteiger charge is -2.27. The van der Waals surface area contributed by atoms with Gasteiger partial charge in [0, 0.05) is 19.7 Å². The van der Waals surface area contributed by atoms with E-state index >= 15 is 0 Å². The highest BCUT2D eigenvalue weighted by Crippen LogP contribution is 2.17. The normalized spacial score (nSPS) is 19.2. The first kappa shape index (κ1) is 15.5. The molecule has 1 aromatic carbocycles. The Hall–Kier alpha value is -1.88. The topological polar surface area (TPSA) is 66.8 Å². The summed E-state index contributed by atoms with van der Waals surface area (Å²) in [6.07, 6.45) is 1.17. The second-order valence-corrected chi connectivity index (χ2v) is 5.45. The van der Waals surface area contributed by atoms with Crippen molar-refractivity contribution in [2.75, 3.05) is 13.2 Å². The molecule has 21 heavy (non-hydrogen) atoms. The number of hydrogen-bond acceptors (Lipinski definition) is 3. The van der Waals surface area contributed by atoms with E-state index < -0.39 is 18.0 Å². The number of carboxylic acids is 1. The first-order valence-electron chi connectivity index (χ1n) is 7.25. The summed E-state index contributed by atoms with van der Waals surface area (Å²) in [7, 11) is 0. The van der Waals surface area contributed by atoms with Gasteiger partial charge in [0.1, 0.15) is 6.10 Å². The standard InChI is InChI=1S/C16H21NO4/c1-12(16(19)20)10-17(11-13-6-3-2-4-7-13)15(18)14-8-5-9-21-14/h2-4,6-7,12,14H,5,8-11H2,1H3,(H,19,20)/t12-,14-/m1/s1. The molecule has 1 heterocycles. The summed E-state index contributed by atoms with van der Waals surface area (Å²) in [5.74, 6) is -1.60. The molecule has 1 amide bonds. The van der Waals surface area contributed by atoms with E-state index in [9.17, 15) is 9.59 Å². The van der Waals surface area contributed by atoms with E-state index in [0.29, 0.717) is 19.6 Å². The second-order valence-electron chi connectivity index (χ2n) is 5.45. The molecule has 5 heteroatoms. The van der Waals surface area contributed by atoms with Crippen LogP contribution in [0.2, 0.25) is 0 Å². The molecule has 2 rings (SSSR count). The van der Waals surface area contributed by atoms with Gasteiger partial charge in [-0.05, 0) is 18.4 Å². The average molecular weight is 291 g/mol. The molecule has 0 unspecified atom stereocenters. The largest absolute Gasteiger partial charge is 0.481 e. The summed E-state index contributed by atoms with van der Waals surface area (Å²) in [5.41, 5.74) is 0.987. The summed E-state index contributed by atoms with van der Waals surface area (Å²) < 4.78 is 5.44. The molecule has 1 aliphatic heterocycles. The first-order chi connectivity index (χ1) is 10.1. The Morgan fingerprint density at radius 3 is 2.67 bits per heavy atom. The highest BCUT2D eigenvalue weighted by Gasteiger charge is 2.30. The van der Waals surface area contributed by atoms with Crippen molar-refractivity contribution < 1.29 is 19.4 Å². The third-order valence-corrected chi connectivity index (χ3v) is 3.65. The summed E-state index contributed by atoms with van der Waals surface area (Å²) in [5, 5.41) is 9.07. The van der Waals surface area contributed by atoms with Crippen molar-refractivity contribution in [2.24, 2.45) is 5.92 Å². The summed E-state index contributed by atoms with van der Waals surface area (Å²) in [4.78, 5) is 25.2. The van der Waals surface area contributed by atoms with Gasteiger partial charge in [0.05, 0.1) is 5.92 Å². The molecular formula is C16H21NO4. The van der Waals surface area contributed by atoms with Crippen LogP contribution in [-0.2, 0) is 20.9 Å². The van der Waals surface area contributed by atoms with Crippen LogP contribution in [0.4, 0.5) is 0 Å². The Morgan fingerprint density at radius 1 is 1.38 bits per heavy atom. The SMILES string of the molecule is C[C@H](CN(Cc1ccccc1)C(=O)[C@H]1CCCO1)C(=O)O. The number of carboxylic acid groups (broad SMARTS) is 1. The quantitative estimate of drug-likeness (QED) is 0.869. The van der Waals surface area contributed by atoms with Crippen molar-refractivity contribution in [1.82, 2.24) is 4.90 Å². The molecule has 0 aromatic heterocycles. The Kier molecular flexibility index (Phi) is 5.33. The number of aliphatic carboxylic acids is 1. The third-order valence-electron chi connectivity index (χ3n) is 3.65. The van der Waals surface area contributed by atoms with Gasteiger partial charge in [0.2, 0.25) is 0 Å². The van der Waals surface area contributed by atoms with Crippen LogP contribution in [-0.4, -0.2) is 41.1 Å². The van der Waals surface area contributed by atoms with E-state index in [-0.39, 0.29) is 12.5 Å². The minimum atomic E-state index is -0.895. The smallest absolute Gasteiger partial charge is 0.308 e. The van der Waals surface area contributed by atoms with Gasteiger partial charge in [-0.15, -0.1) is 0 Å². The van der Waals surface area contributed by atoms with Crippen molar-refractivity contribution in [3.05, 3.63) is 35.9 Å². The van der Waals surface area contributed by atoms with Crippen LogP contribution in [0.3, 0.4) is 0 Å². The first-order valence-corrected chi connectivity index (χ1v) is 7.25. The lowest BCUT2D eigenvalue weighted by Crippen LogP contribution is -2.42. The molecule has 1 aliphatic rings. The van der Waals surface area contributed by atoms with E-state index in [1.54, 1.807) is 11.8 Å². The fourth-order valence-electron chi connectivity index (χ4n) is 2.42. The molecule has 114 valence electrons. The minimum Gasteiger partial charge on any atom is -0.481 e. The maximum Gasteiger partial charge on any atom is 0.308 e. The summed E-state index contributed by atoms with van der Waals surface area (Å²) in [6, 6.07) is 9.59. The second kappa shape index (κ2) is 7.22. The zero-order valence-electron chi connectivity index (χ0n) is 12.2. The molecule has 1 saturated heterocycles. The van der Waals surface area contributed by atoms with Crippen molar-refractivity contribution in [3.63, 3.8) is 0 Å². The van der Waals surface area contributed by atoms with Crippen molar-refractivity contribution in [3.8, 4) is 0 Å². The number of benzene rings is 1.